The Kier molecular flexibility index (Phi) is 4.55. The average Bonchev–Trinajstić information content (AvgIpc) is 3.04. The van der Waals surface area contributed by atoms with E-state index in [9.17, 15) is 23.1 Å². The zero-order valence-corrected chi connectivity index (χ0v) is 13.6. The van der Waals surface area contributed by atoms with E-state index in [4.69, 9.17) is 11.6 Å². The minimum Gasteiger partial charge on any atom is -0.480 e. The second-order valence-electron chi connectivity index (χ2n) is 5.63. The Bertz CT molecular complexity index is 796. The number of anilines is 1. The van der Waals surface area contributed by atoms with E-state index in [1.54, 1.807) is 24.3 Å². The number of nitrogens with zero attached hydrogens (tertiary/aromatic N) is 3. The molecule has 0 spiro atoms. The number of benzene rings is 1. The highest BCUT2D eigenvalue weighted by Gasteiger charge is 2.37. The van der Waals surface area contributed by atoms with Gasteiger partial charge >= 0.3 is 12.1 Å². The lowest BCUT2D eigenvalue weighted by molar-refractivity contribution is -0.141. The highest BCUT2D eigenvalue weighted by molar-refractivity contribution is 6.30. The summed E-state index contributed by atoms with van der Waals surface area (Å²) in [5.74, 6) is -1.34. The van der Waals surface area contributed by atoms with Crippen LogP contribution in [0.4, 0.5) is 19.1 Å². The normalized spacial score (nSPS) is 17.8. The molecule has 1 aromatic carbocycles. The molecule has 1 atom stereocenters. The Labute approximate surface area is 146 Å². The summed E-state index contributed by atoms with van der Waals surface area (Å²) in [5, 5.41) is 9.70. The van der Waals surface area contributed by atoms with Crippen molar-refractivity contribution < 1.29 is 23.1 Å². The van der Waals surface area contributed by atoms with Crippen LogP contribution in [0.1, 0.15) is 18.5 Å². The molecule has 0 aliphatic carbocycles. The highest BCUT2D eigenvalue weighted by atomic mass is 35.5. The molecule has 5 nitrogen and oxygen atoms in total. The van der Waals surface area contributed by atoms with Gasteiger partial charge in [-0.2, -0.15) is 13.2 Å². The first-order chi connectivity index (χ1) is 11.8. The molecule has 2 aromatic rings. The quantitative estimate of drug-likeness (QED) is 0.887. The fraction of sp³-hybridized carbons (Fsp3) is 0.312. The number of alkyl halides is 3. The van der Waals surface area contributed by atoms with Crippen LogP contribution >= 0.6 is 11.6 Å². The summed E-state index contributed by atoms with van der Waals surface area (Å²) < 4.78 is 39.7. The summed E-state index contributed by atoms with van der Waals surface area (Å²) in [7, 11) is 0. The topological polar surface area (TPSA) is 66.3 Å². The highest BCUT2D eigenvalue weighted by Crippen LogP contribution is 2.33. The van der Waals surface area contributed by atoms with Gasteiger partial charge in [-0.3, -0.25) is 0 Å². The van der Waals surface area contributed by atoms with Crippen molar-refractivity contribution >= 4 is 23.5 Å². The van der Waals surface area contributed by atoms with Crippen molar-refractivity contribution in [3.63, 3.8) is 0 Å². The summed E-state index contributed by atoms with van der Waals surface area (Å²) in [6, 6.07) is 6.10. The van der Waals surface area contributed by atoms with E-state index < -0.39 is 23.9 Å². The molecule has 1 fully saturated rings. The van der Waals surface area contributed by atoms with Crippen LogP contribution in [-0.2, 0) is 11.0 Å². The number of hydrogen-bond donors (Lipinski definition) is 1. The summed E-state index contributed by atoms with van der Waals surface area (Å²) in [5.41, 5.74) is -0.617. The maximum Gasteiger partial charge on any atom is 0.433 e. The summed E-state index contributed by atoms with van der Waals surface area (Å²) in [6.45, 7) is 0.290. The summed E-state index contributed by atoms with van der Waals surface area (Å²) in [6.07, 6.45) is -3.78. The second kappa shape index (κ2) is 6.51. The fourth-order valence-corrected chi connectivity index (χ4v) is 2.87. The molecular weight excluding hydrogens is 359 g/mol. The SMILES string of the molecule is O=C(O)[C@@H]1CCCN1c1nc(-c2ccc(Cl)cc2)cc(C(F)(F)F)n1. The van der Waals surface area contributed by atoms with Gasteiger partial charge in [-0.15, -0.1) is 0 Å². The van der Waals surface area contributed by atoms with Gasteiger partial charge in [-0.05, 0) is 31.0 Å². The van der Waals surface area contributed by atoms with Crippen LogP contribution < -0.4 is 4.90 Å². The minimum absolute atomic E-state index is 0.0602. The monoisotopic (exact) mass is 371 g/mol. The van der Waals surface area contributed by atoms with Crippen molar-refractivity contribution in [3.05, 3.63) is 41.0 Å². The Morgan fingerprint density at radius 2 is 1.92 bits per heavy atom. The van der Waals surface area contributed by atoms with E-state index in [0.717, 1.165) is 6.07 Å². The van der Waals surface area contributed by atoms with E-state index in [-0.39, 0.29) is 11.6 Å². The molecular formula is C16H13ClF3N3O2. The molecule has 0 radical (unpaired) electrons. The van der Waals surface area contributed by atoms with E-state index >= 15 is 0 Å². The Hall–Kier alpha value is -2.35. The van der Waals surface area contributed by atoms with E-state index in [1.165, 1.54) is 4.90 Å². The number of carbonyl (C=O) groups is 1. The number of carboxylic acids is 1. The molecule has 2 heterocycles. The Morgan fingerprint density at radius 1 is 1.24 bits per heavy atom. The number of rotatable bonds is 3. The molecule has 132 valence electrons. The van der Waals surface area contributed by atoms with Crippen molar-refractivity contribution in [1.29, 1.82) is 0 Å². The molecule has 3 rings (SSSR count). The molecule has 1 saturated heterocycles. The first-order valence-corrected chi connectivity index (χ1v) is 7.85. The van der Waals surface area contributed by atoms with E-state index in [2.05, 4.69) is 9.97 Å². The van der Waals surface area contributed by atoms with Crippen molar-refractivity contribution in [2.75, 3.05) is 11.4 Å². The van der Waals surface area contributed by atoms with Gasteiger partial charge in [0.15, 0.2) is 5.69 Å². The van der Waals surface area contributed by atoms with Crippen molar-refractivity contribution in [3.8, 4) is 11.3 Å². The fourth-order valence-electron chi connectivity index (χ4n) is 2.74. The molecule has 1 aliphatic heterocycles. The first-order valence-electron chi connectivity index (χ1n) is 7.47. The van der Waals surface area contributed by atoms with E-state index in [1.807, 2.05) is 0 Å². The van der Waals surface area contributed by atoms with Crippen LogP contribution in [0.15, 0.2) is 30.3 Å². The van der Waals surface area contributed by atoms with Gasteiger partial charge < -0.3 is 10.0 Å². The molecule has 0 bridgehead atoms. The maximum absolute atomic E-state index is 13.2. The summed E-state index contributed by atoms with van der Waals surface area (Å²) >= 11 is 5.81. The molecule has 1 aromatic heterocycles. The number of halogens is 4. The Balaban J connectivity index is 2.10. The third kappa shape index (κ3) is 3.68. The van der Waals surface area contributed by atoms with Gasteiger partial charge in [0.25, 0.3) is 0 Å². The smallest absolute Gasteiger partial charge is 0.433 e. The lowest BCUT2D eigenvalue weighted by atomic mass is 10.1. The number of carboxylic acid groups (broad SMARTS) is 1. The zero-order valence-electron chi connectivity index (χ0n) is 12.8. The predicted molar refractivity (Wildman–Crippen MR) is 85.5 cm³/mol. The molecule has 1 N–H and O–H groups in total. The second-order valence-corrected chi connectivity index (χ2v) is 6.07. The van der Waals surface area contributed by atoms with Crippen LogP contribution in [0.25, 0.3) is 11.3 Å². The van der Waals surface area contributed by atoms with Gasteiger partial charge in [0.1, 0.15) is 6.04 Å². The number of aromatic nitrogens is 2. The third-order valence-corrected chi connectivity index (χ3v) is 4.19. The lowest BCUT2D eigenvalue weighted by Gasteiger charge is -2.22. The van der Waals surface area contributed by atoms with Gasteiger partial charge in [0, 0.05) is 17.1 Å². The van der Waals surface area contributed by atoms with Gasteiger partial charge in [0.05, 0.1) is 5.69 Å². The molecule has 0 unspecified atom stereocenters. The largest absolute Gasteiger partial charge is 0.480 e. The van der Waals surface area contributed by atoms with Crippen molar-refractivity contribution in [1.82, 2.24) is 9.97 Å². The standard InChI is InChI=1S/C16H13ClF3N3O2/c17-10-5-3-9(4-6-10)11-8-13(16(18,19)20)22-15(21-11)23-7-1-2-12(23)14(24)25/h3-6,8,12H,1-2,7H2,(H,24,25)/t12-/m0/s1. The number of aliphatic carboxylic acids is 1. The van der Waals surface area contributed by atoms with Gasteiger partial charge in [-0.25, -0.2) is 14.8 Å². The van der Waals surface area contributed by atoms with Crippen LogP contribution in [0, 0.1) is 0 Å². The van der Waals surface area contributed by atoms with Gasteiger partial charge in [0.2, 0.25) is 5.95 Å². The van der Waals surface area contributed by atoms with Crippen LogP contribution in [0.5, 0.6) is 0 Å². The molecule has 25 heavy (non-hydrogen) atoms. The minimum atomic E-state index is -4.67. The van der Waals surface area contributed by atoms with Crippen molar-refractivity contribution in [2.24, 2.45) is 0 Å². The maximum atomic E-state index is 13.2. The van der Waals surface area contributed by atoms with E-state index in [0.29, 0.717) is 30.0 Å². The molecule has 0 amide bonds. The van der Waals surface area contributed by atoms with Crippen LogP contribution in [0.3, 0.4) is 0 Å². The molecule has 9 heteroatoms. The third-order valence-electron chi connectivity index (χ3n) is 3.94. The average molecular weight is 372 g/mol. The van der Waals surface area contributed by atoms with Crippen LogP contribution in [-0.4, -0.2) is 33.6 Å². The molecule has 1 aliphatic rings. The Morgan fingerprint density at radius 3 is 2.52 bits per heavy atom. The zero-order chi connectivity index (χ0) is 18.2. The first kappa shape index (κ1) is 17.5. The molecule has 0 saturated carbocycles. The van der Waals surface area contributed by atoms with Crippen LogP contribution in [0.2, 0.25) is 5.02 Å². The summed E-state index contributed by atoms with van der Waals surface area (Å²) in [4.78, 5) is 20.4. The van der Waals surface area contributed by atoms with Gasteiger partial charge in [-0.1, -0.05) is 23.7 Å². The number of hydrogen-bond acceptors (Lipinski definition) is 4. The van der Waals surface area contributed by atoms with Crippen molar-refractivity contribution in [2.45, 2.75) is 25.1 Å². The predicted octanol–water partition coefficient (Wildman–Crippen LogP) is 3.87. The lowest BCUT2D eigenvalue weighted by Crippen LogP contribution is -2.37.